The van der Waals surface area contributed by atoms with E-state index in [1.54, 1.807) is 0 Å². The minimum absolute atomic E-state index is 0.213. The summed E-state index contributed by atoms with van der Waals surface area (Å²) in [6.45, 7) is 4.81. The Morgan fingerprint density at radius 2 is 2.00 bits per heavy atom. The van der Waals surface area contributed by atoms with E-state index < -0.39 is 0 Å². The first-order chi connectivity index (χ1) is 11.2. The van der Waals surface area contributed by atoms with Gasteiger partial charge < -0.3 is 10.6 Å². The Morgan fingerprint density at radius 1 is 1.26 bits per heavy atom. The number of anilines is 1. The molecular formula is C16H21N5OS. The minimum Gasteiger partial charge on any atom is -0.338 e. The van der Waals surface area contributed by atoms with E-state index in [1.165, 1.54) is 16.9 Å². The zero-order valence-corrected chi connectivity index (χ0v) is 13.9. The first-order valence-corrected chi connectivity index (χ1v) is 8.68. The molecule has 1 aliphatic heterocycles. The molecule has 3 rings (SSSR count). The van der Waals surface area contributed by atoms with Gasteiger partial charge in [0.1, 0.15) is 5.01 Å². The van der Waals surface area contributed by atoms with Crippen LogP contribution in [0.25, 0.3) is 10.6 Å². The van der Waals surface area contributed by atoms with Gasteiger partial charge in [-0.3, -0.25) is 5.32 Å². The number of benzene rings is 1. The number of aryl methyl sites for hydroxylation is 1. The lowest BCUT2D eigenvalue weighted by Gasteiger charge is -2.22. The number of nitrogens with zero attached hydrogens (tertiary/aromatic N) is 2. The van der Waals surface area contributed by atoms with Crippen molar-refractivity contribution in [2.24, 2.45) is 5.92 Å². The summed E-state index contributed by atoms with van der Waals surface area (Å²) < 4.78 is 0. The summed E-state index contributed by atoms with van der Waals surface area (Å²) in [4.78, 5) is 11.9. The van der Waals surface area contributed by atoms with Crippen molar-refractivity contribution >= 4 is 22.5 Å². The Morgan fingerprint density at radius 3 is 2.74 bits per heavy atom. The SMILES string of the molecule is Cc1ccc(-c2nnc(NC(=O)NCC3CCNCC3)s2)cc1. The van der Waals surface area contributed by atoms with Gasteiger partial charge in [0.15, 0.2) is 0 Å². The zero-order valence-electron chi connectivity index (χ0n) is 13.1. The molecule has 6 nitrogen and oxygen atoms in total. The molecule has 3 N–H and O–H groups in total. The van der Waals surface area contributed by atoms with Crippen LogP contribution in [0.5, 0.6) is 0 Å². The van der Waals surface area contributed by atoms with E-state index in [4.69, 9.17) is 0 Å². The van der Waals surface area contributed by atoms with Crippen LogP contribution in [0.3, 0.4) is 0 Å². The summed E-state index contributed by atoms with van der Waals surface area (Å²) in [7, 11) is 0. The minimum atomic E-state index is -0.213. The van der Waals surface area contributed by atoms with Crippen molar-refractivity contribution in [3.8, 4) is 10.6 Å². The normalized spacial score (nSPS) is 15.3. The molecular weight excluding hydrogens is 310 g/mol. The van der Waals surface area contributed by atoms with E-state index in [0.29, 0.717) is 17.6 Å². The van der Waals surface area contributed by atoms with Crippen molar-refractivity contribution in [1.29, 1.82) is 0 Å². The van der Waals surface area contributed by atoms with E-state index in [9.17, 15) is 4.79 Å². The quantitative estimate of drug-likeness (QED) is 0.805. The predicted molar refractivity (Wildman–Crippen MR) is 92.7 cm³/mol. The molecule has 0 bridgehead atoms. The Labute approximate surface area is 139 Å². The predicted octanol–water partition coefficient (Wildman–Crippen LogP) is 2.63. The molecule has 1 aromatic carbocycles. The summed E-state index contributed by atoms with van der Waals surface area (Å²) >= 11 is 1.38. The highest BCUT2D eigenvalue weighted by Gasteiger charge is 2.15. The average molecular weight is 331 g/mol. The number of piperidine rings is 1. The molecule has 0 unspecified atom stereocenters. The topological polar surface area (TPSA) is 78.9 Å². The molecule has 0 atom stereocenters. The van der Waals surface area contributed by atoms with Gasteiger partial charge in [0.2, 0.25) is 5.13 Å². The van der Waals surface area contributed by atoms with Crippen LogP contribution >= 0.6 is 11.3 Å². The van der Waals surface area contributed by atoms with Crippen molar-refractivity contribution in [2.75, 3.05) is 25.0 Å². The second-order valence-electron chi connectivity index (χ2n) is 5.81. The molecule has 0 spiro atoms. The third kappa shape index (κ3) is 4.49. The van der Waals surface area contributed by atoms with E-state index in [2.05, 4.69) is 26.1 Å². The van der Waals surface area contributed by atoms with Gasteiger partial charge in [0, 0.05) is 12.1 Å². The number of urea groups is 1. The fourth-order valence-electron chi connectivity index (χ4n) is 2.55. The van der Waals surface area contributed by atoms with Gasteiger partial charge in [0.05, 0.1) is 0 Å². The third-order valence-corrected chi connectivity index (χ3v) is 4.84. The molecule has 1 aliphatic rings. The van der Waals surface area contributed by atoms with Crippen LogP contribution in [-0.4, -0.2) is 35.9 Å². The molecule has 23 heavy (non-hydrogen) atoms. The number of aromatic nitrogens is 2. The molecule has 7 heteroatoms. The van der Waals surface area contributed by atoms with E-state index >= 15 is 0 Å². The smallest absolute Gasteiger partial charge is 0.321 e. The van der Waals surface area contributed by atoms with Crippen molar-refractivity contribution in [3.63, 3.8) is 0 Å². The van der Waals surface area contributed by atoms with Gasteiger partial charge in [-0.15, -0.1) is 10.2 Å². The number of carbonyl (C=O) groups is 1. The lowest BCUT2D eigenvalue weighted by Crippen LogP contribution is -2.37. The second kappa shape index (κ2) is 7.52. The zero-order chi connectivity index (χ0) is 16.1. The average Bonchev–Trinajstić information content (AvgIpc) is 3.03. The van der Waals surface area contributed by atoms with Crippen molar-refractivity contribution in [1.82, 2.24) is 20.8 Å². The maximum atomic E-state index is 11.9. The first kappa shape index (κ1) is 15.9. The molecule has 122 valence electrons. The van der Waals surface area contributed by atoms with Gasteiger partial charge in [-0.05, 0) is 38.8 Å². The molecule has 0 radical (unpaired) electrons. The Balaban J connectivity index is 1.51. The van der Waals surface area contributed by atoms with E-state index in [1.807, 2.05) is 31.2 Å². The largest absolute Gasteiger partial charge is 0.338 e. The number of carbonyl (C=O) groups excluding carboxylic acids is 1. The fraction of sp³-hybridized carbons (Fsp3) is 0.438. The number of hydrogen-bond donors (Lipinski definition) is 3. The lowest BCUT2D eigenvalue weighted by atomic mass is 9.98. The number of hydrogen-bond acceptors (Lipinski definition) is 5. The second-order valence-corrected chi connectivity index (χ2v) is 6.78. The summed E-state index contributed by atoms with van der Waals surface area (Å²) in [6, 6.07) is 7.88. The number of nitrogens with one attached hydrogen (secondary N) is 3. The molecule has 2 heterocycles. The van der Waals surface area contributed by atoms with Crippen molar-refractivity contribution in [2.45, 2.75) is 19.8 Å². The molecule has 0 saturated carbocycles. The molecule has 1 saturated heterocycles. The van der Waals surface area contributed by atoms with Gasteiger partial charge in [-0.25, -0.2) is 4.79 Å². The van der Waals surface area contributed by atoms with Gasteiger partial charge >= 0.3 is 6.03 Å². The van der Waals surface area contributed by atoms with E-state index in [0.717, 1.165) is 36.5 Å². The maximum absolute atomic E-state index is 11.9. The van der Waals surface area contributed by atoms with Gasteiger partial charge in [-0.2, -0.15) is 0 Å². The summed E-state index contributed by atoms with van der Waals surface area (Å²) in [5.74, 6) is 0.555. The highest BCUT2D eigenvalue weighted by atomic mass is 32.1. The van der Waals surface area contributed by atoms with Crippen LogP contribution in [0.4, 0.5) is 9.93 Å². The van der Waals surface area contributed by atoms with Crippen LogP contribution in [0.2, 0.25) is 0 Å². The molecule has 1 aromatic heterocycles. The standard InChI is InChI=1S/C16H21N5OS/c1-11-2-4-13(5-3-11)14-20-21-16(23-14)19-15(22)18-10-12-6-8-17-9-7-12/h2-5,12,17H,6-10H2,1H3,(H2,18,19,21,22). The maximum Gasteiger partial charge on any atom is 0.321 e. The highest BCUT2D eigenvalue weighted by Crippen LogP contribution is 2.26. The van der Waals surface area contributed by atoms with Gasteiger partial charge in [0.25, 0.3) is 0 Å². The summed E-state index contributed by atoms with van der Waals surface area (Å²) in [5, 5.41) is 18.5. The third-order valence-electron chi connectivity index (χ3n) is 3.95. The van der Waals surface area contributed by atoms with Crippen molar-refractivity contribution in [3.05, 3.63) is 29.8 Å². The van der Waals surface area contributed by atoms with Crippen molar-refractivity contribution < 1.29 is 4.79 Å². The van der Waals surface area contributed by atoms with Gasteiger partial charge in [-0.1, -0.05) is 41.2 Å². The summed E-state index contributed by atoms with van der Waals surface area (Å²) in [6.07, 6.45) is 2.22. The lowest BCUT2D eigenvalue weighted by molar-refractivity contribution is 0.248. The fourth-order valence-corrected chi connectivity index (χ4v) is 3.29. The molecule has 2 amide bonds. The molecule has 0 aliphatic carbocycles. The van der Waals surface area contributed by atoms with Crippen LogP contribution in [0.1, 0.15) is 18.4 Å². The van der Waals surface area contributed by atoms with Crippen LogP contribution in [-0.2, 0) is 0 Å². The number of rotatable bonds is 4. The van der Waals surface area contributed by atoms with Crippen LogP contribution < -0.4 is 16.0 Å². The highest BCUT2D eigenvalue weighted by molar-refractivity contribution is 7.18. The van der Waals surface area contributed by atoms with Crippen LogP contribution in [0.15, 0.2) is 24.3 Å². The molecule has 2 aromatic rings. The molecule has 1 fully saturated rings. The first-order valence-electron chi connectivity index (χ1n) is 7.87. The van der Waals surface area contributed by atoms with Crippen LogP contribution in [0, 0.1) is 12.8 Å². The monoisotopic (exact) mass is 331 g/mol. The number of amides is 2. The Kier molecular flexibility index (Phi) is 5.19. The Bertz CT molecular complexity index is 649. The summed E-state index contributed by atoms with van der Waals surface area (Å²) in [5.41, 5.74) is 2.21. The Hall–Kier alpha value is -1.99. The van der Waals surface area contributed by atoms with E-state index in [-0.39, 0.29) is 6.03 Å².